The maximum absolute atomic E-state index is 6.52. The molecule has 3 heteroatoms. The van der Waals surface area contributed by atoms with Gasteiger partial charge in [-0.2, -0.15) is 0 Å². The van der Waals surface area contributed by atoms with Crippen molar-refractivity contribution in [1.82, 2.24) is 4.90 Å². The summed E-state index contributed by atoms with van der Waals surface area (Å²) >= 11 is 0. The van der Waals surface area contributed by atoms with E-state index in [1.807, 2.05) is 0 Å². The van der Waals surface area contributed by atoms with Crippen molar-refractivity contribution in [2.75, 3.05) is 31.1 Å². The highest BCUT2D eigenvalue weighted by Crippen LogP contribution is 2.42. The van der Waals surface area contributed by atoms with Crippen molar-refractivity contribution in [2.45, 2.75) is 57.6 Å². The molecule has 3 heterocycles. The lowest BCUT2D eigenvalue weighted by Crippen LogP contribution is -2.49. The Bertz CT molecular complexity index is 548. The summed E-state index contributed by atoms with van der Waals surface area (Å²) in [5.41, 5.74) is 2.93. The molecule has 0 bridgehead atoms. The Kier molecular flexibility index (Phi) is 3.56. The van der Waals surface area contributed by atoms with E-state index >= 15 is 0 Å². The number of piperidine rings is 1. The van der Waals surface area contributed by atoms with E-state index in [4.69, 9.17) is 4.74 Å². The molecule has 1 aromatic rings. The lowest BCUT2D eigenvalue weighted by Gasteiger charge is -2.44. The quantitative estimate of drug-likeness (QED) is 0.795. The molecule has 0 saturated carbocycles. The van der Waals surface area contributed by atoms with Crippen LogP contribution in [0.5, 0.6) is 5.75 Å². The maximum Gasteiger partial charge on any atom is 0.123 e. The van der Waals surface area contributed by atoms with Crippen LogP contribution >= 0.6 is 0 Å². The van der Waals surface area contributed by atoms with Gasteiger partial charge in [-0.05, 0) is 62.4 Å². The van der Waals surface area contributed by atoms with E-state index in [0.717, 1.165) is 11.8 Å². The standard InChI is InChI=1S/C19H28N2O/c1-3-16-14-21(16)17-5-6-18-15(13-17)7-8-19(22-18)9-11-20(4-2)12-10-19/h5-6,13,16H,3-4,7-12,14H2,1-2H3. The molecule has 0 amide bonds. The molecule has 1 unspecified atom stereocenters. The fraction of sp³-hybridized carbons (Fsp3) is 0.684. The van der Waals surface area contributed by atoms with Crippen molar-refractivity contribution < 1.29 is 4.74 Å². The minimum Gasteiger partial charge on any atom is -0.487 e. The predicted octanol–water partition coefficient (Wildman–Crippen LogP) is 3.46. The number of fused-ring (bicyclic) bond motifs is 1. The van der Waals surface area contributed by atoms with Gasteiger partial charge in [-0.3, -0.25) is 0 Å². The van der Waals surface area contributed by atoms with Gasteiger partial charge >= 0.3 is 0 Å². The summed E-state index contributed by atoms with van der Waals surface area (Å²) in [6.45, 7) is 9.31. The zero-order chi connectivity index (χ0) is 15.2. The fourth-order valence-electron chi connectivity index (χ4n) is 4.16. The first-order valence-corrected chi connectivity index (χ1v) is 9.04. The number of benzene rings is 1. The summed E-state index contributed by atoms with van der Waals surface area (Å²) in [6, 6.07) is 7.63. The predicted molar refractivity (Wildman–Crippen MR) is 90.9 cm³/mol. The third-order valence-electron chi connectivity index (χ3n) is 5.95. The first kappa shape index (κ1) is 14.4. The molecule has 1 spiro atoms. The van der Waals surface area contributed by atoms with Crippen molar-refractivity contribution in [3.05, 3.63) is 23.8 Å². The number of ether oxygens (including phenoxy) is 1. The number of hydrogen-bond acceptors (Lipinski definition) is 3. The average molecular weight is 300 g/mol. The molecule has 0 N–H and O–H groups in total. The molecule has 3 aliphatic heterocycles. The summed E-state index contributed by atoms with van der Waals surface area (Å²) in [7, 11) is 0. The Balaban J connectivity index is 1.48. The van der Waals surface area contributed by atoms with Gasteiger partial charge in [0.15, 0.2) is 0 Å². The van der Waals surface area contributed by atoms with Crippen molar-refractivity contribution in [3.63, 3.8) is 0 Å². The fourth-order valence-corrected chi connectivity index (χ4v) is 4.16. The molecular formula is C19H28N2O. The Morgan fingerprint density at radius 1 is 1.18 bits per heavy atom. The van der Waals surface area contributed by atoms with Gasteiger partial charge in [-0.25, -0.2) is 0 Å². The van der Waals surface area contributed by atoms with E-state index < -0.39 is 0 Å². The number of hydrogen-bond donors (Lipinski definition) is 0. The van der Waals surface area contributed by atoms with Crippen molar-refractivity contribution >= 4 is 5.69 Å². The SMILES string of the molecule is CCC1CN1c1ccc2c(c1)CCC1(CCN(CC)CC1)O2. The molecule has 2 fully saturated rings. The van der Waals surface area contributed by atoms with E-state index in [-0.39, 0.29) is 5.60 Å². The summed E-state index contributed by atoms with van der Waals surface area (Å²) in [6.07, 6.45) is 6.00. The van der Waals surface area contributed by atoms with E-state index in [1.165, 1.54) is 69.5 Å². The van der Waals surface area contributed by atoms with E-state index in [9.17, 15) is 0 Å². The second-order valence-corrected chi connectivity index (χ2v) is 7.23. The van der Waals surface area contributed by atoms with Crippen LogP contribution in [-0.2, 0) is 6.42 Å². The van der Waals surface area contributed by atoms with Crippen molar-refractivity contribution in [1.29, 1.82) is 0 Å². The number of likely N-dealkylation sites (tertiary alicyclic amines) is 1. The normalized spacial score (nSPS) is 26.6. The Hall–Kier alpha value is -1.22. The monoisotopic (exact) mass is 300 g/mol. The smallest absolute Gasteiger partial charge is 0.123 e. The molecule has 4 rings (SSSR count). The maximum atomic E-state index is 6.52. The molecule has 0 radical (unpaired) electrons. The largest absolute Gasteiger partial charge is 0.487 e. The second-order valence-electron chi connectivity index (χ2n) is 7.23. The van der Waals surface area contributed by atoms with Crippen LogP contribution < -0.4 is 9.64 Å². The van der Waals surface area contributed by atoms with Gasteiger partial charge in [0.25, 0.3) is 0 Å². The van der Waals surface area contributed by atoms with Gasteiger partial charge in [0, 0.05) is 31.4 Å². The van der Waals surface area contributed by atoms with Crippen molar-refractivity contribution in [2.24, 2.45) is 0 Å². The first-order chi connectivity index (χ1) is 10.7. The van der Waals surface area contributed by atoms with Gasteiger partial charge in [0.2, 0.25) is 0 Å². The molecule has 3 aliphatic rings. The highest BCUT2D eigenvalue weighted by atomic mass is 16.5. The van der Waals surface area contributed by atoms with Gasteiger partial charge in [-0.15, -0.1) is 0 Å². The highest BCUT2D eigenvalue weighted by Gasteiger charge is 2.40. The molecule has 120 valence electrons. The van der Waals surface area contributed by atoms with Crippen LogP contribution in [0.3, 0.4) is 0 Å². The van der Waals surface area contributed by atoms with Gasteiger partial charge in [0.1, 0.15) is 11.4 Å². The molecule has 2 saturated heterocycles. The highest BCUT2D eigenvalue weighted by molar-refractivity contribution is 5.58. The van der Waals surface area contributed by atoms with E-state index in [0.29, 0.717) is 0 Å². The van der Waals surface area contributed by atoms with Crippen LogP contribution in [0.15, 0.2) is 18.2 Å². The van der Waals surface area contributed by atoms with Gasteiger partial charge in [0.05, 0.1) is 0 Å². The van der Waals surface area contributed by atoms with E-state index in [2.05, 4.69) is 41.8 Å². The average Bonchev–Trinajstić information content (AvgIpc) is 3.35. The van der Waals surface area contributed by atoms with Crippen LogP contribution in [0.4, 0.5) is 5.69 Å². The Labute approximate surface area is 134 Å². The van der Waals surface area contributed by atoms with Crippen LogP contribution in [-0.4, -0.2) is 42.7 Å². The second kappa shape index (κ2) is 5.45. The summed E-state index contributed by atoms with van der Waals surface area (Å²) in [4.78, 5) is 5.04. The molecule has 22 heavy (non-hydrogen) atoms. The zero-order valence-electron chi connectivity index (χ0n) is 14.0. The lowest BCUT2D eigenvalue weighted by atomic mass is 9.83. The summed E-state index contributed by atoms with van der Waals surface area (Å²) in [5, 5.41) is 0. The third kappa shape index (κ3) is 2.50. The Morgan fingerprint density at radius 2 is 2.00 bits per heavy atom. The summed E-state index contributed by atoms with van der Waals surface area (Å²) in [5.74, 6) is 1.15. The molecular weight excluding hydrogens is 272 g/mol. The van der Waals surface area contributed by atoms with Crippen LogP contribution in [0.2, 0.25) is 0 Å². The number of aryl methyl sites for hydroxylation is 1. The van der Waals surface area contributed by atoms with Crippen LogP contribution in [0.1, 0.15) is 45.1 Å². The molecule has 0 aromatic heterocycles. The van der Waals surface area contributed by atoms with Gasteiger partial charge in [-0.1, -0.05) is 13.8 Å². The first-order valence-electron chi connectivity index (χ1n) is 9.04. The van der Waals surface area contributed by atoms with E-state index in [1.54, 1.807) is 0 Å². The topological polar surface area (TPSA) is 15.5 Å². The van der Waals surface area contributed by atoms with Crippen LogP contribution in [0.25, 0.3) is 0 Å². The molecule has 3 nitrogen and oxygen atoms in total. The minimum atomic E-state index is 0.117. The number of anilines is 1. The van der Waals surface area contributed by atoms with Crippen molar-refractivity contribution in [3.8, 4) is 5.75 Å². The number of nitrogens with zero attached hydrogens (tertiary/aromatic N) is 2. The molecule has 1 atom stereocenters. The van der Waals surface area contributed by atoms with Gasteiger partial charge < -0.3 is 14.5 Å². The third-order valence-corrected chi connectivity index (χ3v) is 5.95. The summed E-state index contributed by atoms with van der Waals surface area (Å²) < 4.78 is 6.52. The minimum absolute atomic E-state index is 0.117. The molecule has 0 aliphatic carbocycles. The zero-order valence-corrected chi connectivity index (χ0v) is 14.0. The Morgan fingerprint density at radius 3 is 2.68 bits per heavy atom. The van der Waals surface area contributed by atoms with Crippen LogP contribution in [0, 0.1) is 0 Å². The number of rotatable bonds is 3. The molecule has 1 aromatic carbocycles. The lowest BCUT2D eigenvalue weighted by molar-refractivity contribution is -0.0132.